The maximum Gasteiger partial charge on any atom is 0.264 e. The molecule has 1 amide bonds. The van der Waals surface area contributed by atoms with Gasteiger partial charge in [0.15, 0.2) is 0 Å². The summed E-state index contributed by atoms with van der Waals surface area (Å²) >= 11 is 0. The maximum atomic E-state index is 12.5. The van der Waals surface area contributed by atoms with Gasteiger partial charge in [-0.1, -0.05) is 35.0 Å². The van der Waals surface area contributed by atoms with Gasteiger partial charge in [0.1, 0.15) is 0 Å². The minimum absolute atomic E-state index is 0.0409. The first-order chi connectivity index (χ1) is 13.7. The van der Waals surface area contributed by atoms with Crippen LogP contribution in [0, 0.1) is 20.8 Å². The molecular formula is C21H21N3O4S. The zero-order chi connectivity index (χ0) is 21.0. The van der Waals surface area contributed by atoms with Crippen LogP contribution in [0.1, 0.15) is 22.4 Å². The summed E-state index contributed by atoms with van der Waals surface area (Å²) < 4.78 is 32.3. The van der Waals surface area contributed by atoms with Crippen LogP contribution in [0.4, 0.5) is 11.6 Å². The molecule has 0 atom stereocenters. The molecule has 150 valence electrons. The Bertz CT molecular complexity index is 1150. The number of carbonyl (C=O) groups is 1. The van der Waals surface area contributed by atoms with E-state index in [0.717, 1.165) is 11.1 Å². The predicted octanol–water partition coefficient (Wildman–Crippen LogP) is 4.05. The zero-order valence-electron chi connectivity index (χ0n) is 16.3. The molecular weight excluding hydrogens is 390 g/mol. The molecule has 1 heterocycles. The molecule has 3 aromatic rings. The molecule has 0 saturated heterocycles. The number of anilines is 2. The Balaban J connectivity index is 1.65. The Morgan fingerprint density at radius 2 is 1.66 bits per heavy atom. The van der Waals surface area contributed by atoms with E-state index < -0.39 is 10.0 Å². The van der Waals surface area contributed by atoms with E-state index in [1.807, 2.05) is 31.2 Å². The molecule has 0 saturated carbocycles. The van der Waals surface area contributed by atoms with Crippen LogP contribution in [0.2, 0.25) is 0 Å². The Kier molecular flexibility index (Phi) is 5.84. The highest BCUT2D eigenvalue weighted by Gasteiger charge is 2.19. The van der Waals surface area contributed by atoms with E-state index in [2.05, 4.69) is 15.2 Å². The zero-order valence-corrected chi connectivity index (χ0v) is 17.1. The van der Waals surface area contributed by atoms with Gasteiger partial charge in [-0.3, -0.25) is 4.79 Å². The summed E-state index contributed by atoms with van der Waals surface area (Å²) in [6.07, 6.45) is 3.13. The van der Waals surface area contributed by atoms with Gasteiger partial charge in [-0.15, -0.1) is 0 Å². The lowest BCUT2D eigenvalue weighted by Crippen LogP contribution is -2.13. The molecule has 0 bridgehead atoms. The van der Waals surface area contributed by atoms with E-state index in [9.17, 15) is 13.2 Å². The first-order valence-electron chi connectivity index (χ1n) is 8.86. The van der Waals surface area contributed by atoms with Crippen LogP contribution in [-0.4, -0.2) is 19.5 Å². The Morgan fingerprint density at radius 1 is 1.00 bits per heavy atom. The minimum atomic E-state index is -3.83. The first kappa shape index (κ1) is 20.3. The van der Waals surface area contributed by atoms with Crippen molar-refractivity contribution in [3.05, 3.63) is 77.0 Å². The third-order valence-corrected chi connectivity index (χ3v) is 5.67. The number of benzene rings is 2. The van der Waals surface area contributed by atoms with Crippen LogP contribution in [0.5, 0.6) is 0 Å². The molecule has 0 spiro atoms. The number of sulfonamides is 1. The Hall–Kier alpha value is -3.39. The van der Waals surface area contributed by atoms with Crippen molar-refractivity contribution in [1.82, 2.24) is 5.16 Å². The van der Waals surface area contributed by atoms with Crippen LogP contribution in [0.25, 0.3) is 6.08 Å². The van der Waals surface area contributed by atoms with Gasteiger partial charge in [0.2, 0.25) is 11.8 Å². The molecule has 0 unspecified atom stereocenters. The highest BCUT2D eigenvalue weighted by atomic mass is 32.2. The molecule has 7 nitrogen and oxygen atoms in total. The molecule has 0 fully saturated rings. The number of hydrogen-bond acceptors (Lipinski definition) is 5. The van der Waals surface area contributed by atoms with Crippen molar-refractivity contribution in [2.45, 2.75) is 25.7 Å². The van der Waals surface area contributed by atoms with Gasteiger partial charge in [0.05, 0.1) is 10.6 Å². The fourth-order valence-corrected chi connectivity index (χ4v) is 3.49. The second-order valence-corrected chi connectivity index (χ2v) is 8.27. The number of aromatic nitrogens is 1. The number of nitrogens with zero attached hydrogens (tertiary/aromatic N) is 1. The normalized spacial score (nSPS) is 11.6. The third-order valence-electron chi connectivity index (χ3n) is 4.32. The smallest absolute Gasteiger partial charge is 0.264 e. The van der Waals surface area contributed by atoms with Gasteiger partial charge < -0.3 is 9.84 Å². The second-order valence-electron chi connectivity index (χ2n) is 6.59. The van der Waals surface area contributed by atoms with Crippen molar-refractivity contribution in [3.8, 4) is 0 Å². The first-order valence-corrected chi connectivity index (χ1v) is 10.3. The summed E-state index contributed by atoms with van der Waals surface area (Å²) in [5, 5.41) is 6.42. The lowest BCUT2D eigenvalue weighted by Gasteiger charge is -2.07. The molecule has 2 N–H and O–H groups in total. The maximum absolute atomic E-state index is 12.5. The number of aryl methyl sites for hydroxylation is 2. The molecule has 2 aromatic carbocycles. The Labute approximate surface area is 169 Å². The summed E-state index contributed by atoms with van der Waals surface area (Å²) in [6, 6.07) is 13.6. The van der Waals surface area contributed by atoms with Crippen LogP contribution in [-0.2, 0) is 14.8 Å². The lowest BCUT2D eigenvalue weighted by atomic mass is 10.1. The third kappa shape index (κ3) is 5.11. The largest absolute Gasteiger partial charge is 0.337 e. The van der Waals surface area contributed by atoms with Gasteiger partial charge in [-0.2, -0.15) is 0 Å². The van der Waals surface area contributed by atoms with E-state index in [1.165, 1.54) is 30.3 Å². The summed E-state index contributed by atoms with van der Waals surface area (Å²) in [5.41, 5.74) is 3.77. The van der Waals surface area contributed by atoms with E-state index in [1.54, 1.807) is 19.9 Å². The number of rotatable bonds is 6. The molecule has 29 heavy (non-hydrogen) atoms. The SMILES string of the molecule is Cc1ccc(/C=C/C(=O)Nc2ccc(S(=O)(=O)Nc3onc(C)c3C)cc2)cc1. The van der Waals surface area contributed by atoms with Crippen LogP contribution in [0.3, 0.4) is 0 Å². The van der Waals surface area contributed by atoms with Crippen LogP contribution < -0.4 is 10.0 Å². The average Bonchev–Trinajstić information content (AvgIpc) is 2.99. The topological polar surface area (TPSA) is 101 Å². The van der Waals surface area contributed by atoms with Crippen LogP contribution >= 0.6 is 0 Å². The molecule has 0 radical (unpaired) electrons. The van der Waals surface area contributed by atoms with E-state index in [4.69, 9.17) is 4.52 Å². The van der Waals surface area contributed by atoms with E-state index >= 15 is 0 Å². The summed E-state index contributed by atoms with van der Waals surface area (Å²) in [7, 11) is -3.83. The minimum Gasteiger partial charge on any atom is -0.337 e. The highest BCUT2D eigenvalue weighted by molar-refractivity contribution is 7.92. The van der Waals surface area contributed by atoms with Gasteiger partial charge >= 0.3 is 0 Å². The molecule has 0 aliphatic carbocycles. The molecule has 1 aromatic heterocycles. The quantitative estimate of drug-likeness (QED) is 0.596. The average molecular weight is 411 g/mol. The molecule has 8 heteroatoms. The van der Waals surface area contributed by atoms with Crippen molar-refractivity contribution < 1.29 is 17.7 Å². The van der Waals surface area contributed by atoms with Crippen molar-refractivity contribution in [2.24, 2.45) is 0 Å². The van der Waals surface area contributed by atoms with Crippen molar-refractivity contribution in [3.63, 3.8) is 0 Å². The van der Waals surface area contributed by atoms with Crippen molar-refractivity contribution in [1.29, 1.82) is 0 Å². The summed E-state index contributed by atoms with van der Waals surface area (Å²) in [6.45, 7) is 5.43. The summed E-state index contributed by atoms with van der Waals surface area (Å²) in [5.74, 6) is -0.229. The van der Waals surface area contributed by atoms with Gasteiger partial charge in [-0.05, 0) is 56.7 Å². The number of hydrogen-bond donors (Lipinski definition) is 2. The van der Waals surface area contributed by atoms with E-state index in [-0.39, 0.29) is 16.7 Å². The fraction of sp³-hybridized carbons (Fsp3) is 0.143. The number of amides is 1. The lowest BCUT2D eigenvalue weighted by molar-refractivity contribution is -0.111. The predicted molar refractivity (Wildman–Crippen MR) is 112 cm³/mol. The molecule has 0 aliphatic heterocycles. The standard InChI is InChI=1S/C21H21N3O4S/c1-14-4-6-17(7-5-14)8-13-20(25)22-18-9-11-19(12-10-18)29(26,27)24-21-15(2)16(3)23-28-21/h4-13,24H,1-3H3,(H,22,25)/b13-8+. The fourth-order valence-electron chi connectivity index (χ4n) is 2.44. The van der Waals surface area contributed by atoms with Gasteiger partial charge in [0, 0.05) is 17.3 Å². The second kappa shape index (κ2) is 8.32. The number of carbonyl (C=O) groups excluding carboxylic acids is 1. The monoisotopic (exact) mass is 411 g/mol. The molecule has 3 rings (SSSR count). The van der Waals surface area contributed by atoms with Crippen LogP contribution in [0.15, 0.2) is 64.0 Å². The van der Waals surface area contributed by atoms with Crippen molar-refractivity contribution in [2.75, 3.05) is 10.0 Å². The van der Waals surface area contributed by atoms with Gasteiger partial charge in [0.25, 0.3) is 10.0 Å². The highest BCUT2D eigenvalue weighted by Crippen LogP contribution is 2.22. The number of nitrogens with one attached hydrogen (secondary N) is 2. The van der Waals surface area contributed by atoms with Crippen molar-refractivity contribution >= 4 is 33.6 Å². The molecule has 0 aliphatic rings. The van der Waals surface area contributed by atoms with Gasteiger partial charge in [-0.25, -0.2) is 13.1 Å². The Morgan fingerprint density at radius 3 is 2.24 bits per heavy atom. The summed E-state index contributed by atoms with van der Waals surface area (Å²) in [4.78, 5) is 12.1. The van der Waals surface area contributed by atoms with E-state index in [0.29, 0.717) is 16.9 Å².